The fraction of sp³-hybridized carbons (Fsp3) is 0.300. The van der Waals surface area contributed by atoms with Crippen LogP contribution in [0.5, 0.6) is 0 Å². The van der Waals surface area contributed by atoms with Gasteiger partial charge in [-0.25, -0.2) is 13.4 Å². The highest BCUT2D eigenvalue weighted by Crippen LogP contribution is 2.38. The number of rotatable bonds is 3. The van der Waals surface area contributed by atoms with Crippen molar-refractivity contribution in [2.75, 3.05) is 11.0 Å². The monoisotopic (exact) mass is 432 g/mol. The van der Waals surface area contributed by atoms with Crippen molar-refractivity contribution < 1.29 is 13.5 Å². The number of aliphatic hydroxyl groups is 1. The van der Waals surface area contributed by atoms with E-state index in [9.17, 15) is 13.5 Å². The van der Waals surface area contributed by atoms with Crippen molar-refractivity contribution in [3.63, 3.8) is 0 Å². The van der Waals surface area contributed by atoms with E-state index in [0.29, 0.717) is 21.6 Å². The molecule has 1 aromatic carbocycles. The van der Waals surface area contributed by atoms with Gasteiger partial charge < -0.3 is 5.11 Å². The standard InChI is InChI=1S/C20H21ClN4O3S/c1-12-14(7-6-13(22-12)10-11-20(2,3)26)15-8-9-16(21)17-18(15)25(4)23-19(17)24-29(5,27)28/h6-9,26H,1-5H3,(H,23,24). The summed E-state index contributed by atoms with van der Waals surface area (Å²) in [6, 6.07) is 7.21. The highest BCUT2D eigenvalue weighted by atomic mass is 35.5. The van der Waals surface area contributed by atoms with Crippen LogP contribution in [0.25, 0.3) is 22.0 Å². The fourth-order valence-corrected chi connectivity index (χ4v) is 3.71. The molecule has 0 unspecified atom stereocenters. The van der Waals surface area contributed by atoms with Crippen molar-refractivity contribution in [3.05, 3.63) is 40.7 Å². The third kappa shape index (κ3) is 4.70. The van der Waals surface area contributed by atoms with Crippen LogP contribution in [0, 0.1) is 18.8 Å². The third-order valence-corrected chi connectivity index (χ3v) is 4.97. The first-order valence-electron chi connectivity index (χ1n) is 8.72. The van der Waals surface area contributed by atoms with E-state index in [0.717, 1.165) is 23.1 Å². The van der Waals surface area contributed by atoms with Crippen molar-refractivity contribution >= 4 is 38.3 Å². The Kier molecular flexibility index (Phi) is 5.34. The van der Waals surface area contributed by atoms with Crippen LogP contribution in [0.3, 0.4) is 0 Å². The molecule has 0 atom stereocenters. The summed E-state index contributed by atoms with van der Waals surface area (Å²) in [6.45, 7) is 5.07. The zero-order chi connectivity index (χ0) is 21.6. The molecule has 0 aliphatic heterocycles. The van der Waals surface area contributed by atoms with E-state index in [1.165, 1.54) is 0 Å². The Balaban J connectivity index is 2.18. The van der Waals surface area contributed by atoms with Gasteiger partial charge in [0.2, 0.25) is 10.0 Å². The Bertz CT molecular complexity index is 1280. The topological polar surface area (TPSA) is 97.1 Å². The van der Waals surface area contributed by atoms with E-state index in [1.54, 1.807) is 37.7 Å². The summed E-state index contributed by atoms with van der Waals surface area (Å²) in [4.78, 5) is 4.52. The van der Waals surface area contributed by atoms with Crippen LogP contribution in [-0.2, 0) is 17.1 Å². The average molecular weight is 433 g/mol. The van der Waals surface area contributed by atoms with Gasteiger partial charge in [-0.2, -0.15) is 5.10 Å². The Morgan fingerprint density at radius 3 is 2.45 bits per heavy atom. The lowest BCUT2D eigenvalue weighted by Gasteiger charge is -2.10. The van der Waals surface area contributed by atoms with Gasteiger partial charge in [0.05, 0.1) is 22.2 Å². The van der Waals surface area contributed by atoms with Crippen LogP contribution in [0.15, 0.2) is 24.3 Å². The van der Waals surface area contributed by atoms with Crippen LogP contribution < -0.4 is 4.72 Å². The average Bonchev–Trinajstić information content (AvgIpc) is 2.89. The lowest BCUT2D eigenvalue weighted by Crippen LogP contribution is -2.14. The second-order valence-electron chi connectivity index (χ2n) is 7.30. The largest absolute Gasteiger partial charge is 0.378 e. The lowest BCUT2D eigenvalue weighted by atomic mass is 10.0. The molecule has 0 aliphatic carbocycles. The Morgan fingerprint density at radius 1 is 1.21 bits per heavy atom. The SMILES string of the molecule is Cc1nc(C#CC(C)(C)O)ccc1-c1ccc(Cl)c2c(NS(C)(=O)=O)nn(C)c12. The summed E-state index contributed by atoms with van der Waals surface area (Å²) in [5, 5.41) is 15.0. The number of fused-ring (bicyclic) bond motifs is 1. The second kappa shape index (κ2) is 7.34. The van der Waals surface area contributed by atoms with Crippen molar-refractivity contribution in [2.24, 2.45) is 7.05 Å². The van der Waals surface area contributed by atoms with Crippen LogP contribution in [0.2, 0.25) is 5.02 Å². The second-order valence-corrected chi connectivity index (χ2v) is 9.46. The molecular weight excluding hydrogens is 412 g/mol. The maximum atomic E-state index is 11.7. The number of aryl methyl sites for hydroxylation is 2. The maximum Gasteiger partial charge on any atom is 0.231 e. The molecule has 7 nitrogen and oxygen atoms in total. The van der Waals surface area contributed by atoms with Gasteiger partial charge in [-0.15, -0.1) is 0 Å². The van der Waals surface area contributed by atoms with Crippen molar-refractivity contribution in [1.82, 2.24) is 14.8 Å². The number of hydrogen-bond acceptors (Lipinski definition) is 5. The van der Waals surface area contributed by atoms with Gasteiger partial charge in [0.15, 0.2) is 5.82 Å². The van der Waals surface area contributed by atoms with Crippen molar-refractivity contribution in [1.29, 1.82) is 0 Å². The summed E-state index contributed by atoms with van der Waals surface area (Å²) in [5.74, 6) is 5.78. The van der Waals surface area contributed by atoms with Crippen LogP contribution >= 0.6 is 11.6 Å². The molecule has 0 fully saturated rings. The molecule has 2 heterocycles. The third-order valence-electron chi connectivity index (χ3n) is 4.09. The zero-order valence-electron chi connectivity index (χ0n) is 16.7. The van der Waals surface area contributed by atoms with E-state index in [1.807, 2.05) is 19.1 Å². The molecule has 152 valence electrons. The lowest BCUT2D eigenvalue weighted by molar-refractivity contribution is 0.143. The molecule has 2 aromatic heterocycles. The molecule has 29 heavy (non-hydrogen) atoms. The number of pyridine rings is 1. The molecule has 0 saturated heterocycles. The number of anilines is 1. The van der Waals surface area contributed by atoms with Gasteiger partial charge >= 0.3 is 0 Å². The van der Waals surface area contributed by atoms with Gasteiger partial charge in [0.1, 0.15) is 11.3 Å². The smallest absolute Gasteiger partial charge is 0.231 e. The first kappa shape index (κ1) is 21.1. The molecule has 0 aliphatic rings. The van der Waals surface area contributed by atoms with Gasteiger partial charge in [0, 0.05) is 23.9 Å². The molecule has 0 spiro atoms. The molecule has 0 saturated carbocycles. The fourth-order valence-electron chi connectivity index (χ4n) is 2.97. The normalized spacial score (nSPS) is 12.0. The van der Waals surface area contributed by atoms with Gasteiger partial charge in [-0.1, -0.05) is 23.6 Å². The number of sulfonamides is 1. The molecule has 0 bridgehead atoms. The Hall–Kier alpha value is -2.60. The Morgan fingerprint density at radius 2 is 1.86 bits per heavy atom. The quantitative estimate of drug-likeness (QED) is 0.620. The number of aromatic nitrogens is 3. The first-order chi connectivity index (χ1) is 13.4. The summed E-state index contributed by atoms with van der Waals surface area (Å²) in [7, 11) is -1.79. The number of hydrogen-bond donors (Lipinski definition) is 2. The number of nitrogens with one attached hydrogen (secondary N) is 1. The minimum Gasteiger partial charge on any atom is -0.378 e. The summed E-state index contributed by atoms with van der Waals surface area (Å²) < 4.78 is 27.4. The van der Waals surface area contributed by atoms with E-state index in [2.05, 4.69) is 26.6 Å². The molecule has 3 aromatic rings. The van der Waals surface area contributed by atoms with E-state index >= 15 is 0 Å². The molecular formula is C20H21ClN4O3S. The first-order valence-corrected chi connectivity index (χ1v) is 11.0. The molecule has 9 heteroatoms. The minimum atomic E-state index is -3.51. The van der Waals surface area contributed by atoms with E-state index < -0.39 is 15.6 Å². The summed E-state index contributed by atoms with van der Waals surface area (Å²) in [6.07, 6.45) is 1.06. The summed E-state index contributed by atoms with van der Waals surface area (Å²) >= 11 is 6.37. The van der Waals surface area contributed by atoms with Crippen LogP contribution in [0.4, 0.5) is 5.82 Å². The van der Waals surface area contributed by atoms with Gasteiger partial charge in [-0.3, -0.25) is 9.40 Å². The highest BCUT2D eigenvalue weighted by Gasteiger charge is 2.20. The highest BCUT2D eigenvalue weighted by molar-refractivity contribution is 7.92. The molecule has 0 radical (unpaired) electrons. The molecule has 0 amide bonds. The van der Waals surface area contributed by atoms with Crippen molar-refractivity contribution in [2.45, 2.75) is 26.4 Å². The Labute approximate surface area is 174 Å². The summed E-state index contributed by atoms with van der Waals surface area (Å²) in [5.41, 5.74) is 2.51. The number of halogens is 1. The van der Waals surface area contributed by atoms with Gasteiger partial charge in [0.25, 0.3) is 0 Å². The van der Waals surface area contributed by atoms with Crippen molar-refractivity contribution in [3.8, 4) is 23.0 Å². The molecule has 2 N–H and O–H groups in total. The minimum absolute atomic E-state index is 0.176. The van der Waals surface area contributed by atoms with Crippen LogP contribution in [-0.4, -0.2) is 40.1 Å². The predicted molar refractivity (Wildman–Crippen MR) is 115 cm³/mol. The van der Waals surface area contributed by atoms with Crippen LogP contribution in [0.1, 0.15) is 25.2 Å². The molecule has 3 rings (SSSR count). The van der Waals surface area contributed by atoms with E-state index in [-0.39, 0.29) is 5.82 Å². The number of nitrogens with zero attached hydrogens (tertiary/aromatic N) is 3. The van der Waals surface area contributed by atoms with Gasteiger partial charge in [-0.05, 0) is 44.9 Å². The zero-order valence-corrected chi connectivity index (χ0v) is 18.3. The number of benzene rings is 1. The predicted octanol–water partition coefficient (Wildman–Crippen LogP) is 3.09. The maximum absolute atomic E-state index is 11.7. The van der Waals surface area contributed by atoms with E-state index in [4.69, 9.17) is 11.6 Å².